The van der Waals surface area contributed by atoms with Gasteiger partial charge in [-0.3, -0.25) is 0 Å². The van der Waals surface area contributed by atoms with E-state index in [0.29, 0.717) is 5.76 Å². The third kappa shape index (κ3) is 3.61. The van der Waals surface area contributed by atoms with Gasteiger partial charge >= 0.3 is 5.97 Å². The molecule has 22 heavy (non-hydrogen) atoms. The third-order valence-corrected chi connectivity index (χ3v) is 3.24. The number of benzene rings is 1. The first-order valence-electron chi connectivity index (χ1n) is 6.94. The Morgan fingerprint density at radius 3 is 2.50 bits per heavy atom. The summed E-state index contributed by atoms with van der Waals surface area (Å²) in [5.41, 5.74) is 0.899. The van der Waals surface area contributed by atoms with E-state index in [1.165, 1.54) is 6.07 Å². The lowest BCUT2D eigenvalue weighted by Gasteiger charge is -2.23. The quantitative estimate of drug-likeness (QED) is 0.908. The van der Waals surface area contributed by atoms with Crippen LogP contribution in [0.4, 0.5) is 0 Å². The monoisotopic (exact) mass is 304 g/mol. The topological polar surface area (TPSA) is 68.9 Å². The summed E-state index contributed by atoms with van der Waals surface area (Å²) in [5.74, 6) is 0.772. The van der Waals surface area contributed by atoms with Gasteiger partial charge in [0.25, 0.3) is 0 Å². The molecule has 1 heterocycles. The van der Waals surface area contributed by atoms with E-state index in [9.17, 15) is 4.79 Å². The minimum atomic E-state index is -1.09. The molecule has 0 amide bonds. The molecular weight excluding hydrogens is 284 g/mol. The highest BCUT2D eigenvalue weighted by atomic mass is 16.5. The van der Waals surface area contributed by atoms with E-state index < -0.39 is 5.97 Å². The highest BCUT2D eigenvalue weighted by Crippen LogP contribution is 2.34. The van der Waals surface area contributed by atoms with Crippen molar-refractivity contribution in [3.8, 4) is 11.5 Å². The molecule has 1 aromatic heterocycles. The van der Waals surface area contributed by atoms with Crippen LogP contribution < -0.4 is 9.47 Å². The zero-order valence-corrected chi connectivity index (χ0v) is 13.2. The van der Waals surface area contributed by atoms with E-state index >= 15 is 0 Å². The number of aromatic carboxylic acids is 1. The van der Waals surface area contributed by atoms with Crippen molar-refractivity contribution >= 4 is 5.97 Å². The van der Waals surface area contributed by atoms with Crippen LogP contribution in [0.15, 0.2) is 34.7 Å². The second-order valence-corrected chi connectivity index (χ2v) is 5.97. The molecule has 118 valence electrons. The van der Waals surface area contributed by atoms with Crippen molar-refractivity contribution in [3.63, 3.8) is 0 Å². The Morgan fingerprint density at radius 2 is 1.95 bits per heavy atom. The zero-order chi connectivity index (χ0) is 16.3. The van der Waals surface area contributed by atoms with Gasteiger partial charge in [-0.25, -0.2) is 4.79 Å². The van der Waals surface area contributed by atoms with Crippen LogP contribution in [0.3, 0.4) is 0 Å². The zero-order valence-electron chi connectivity index (χ0n) is 13.2. The molecule has 2 rings (SSSR count). The summed E-state index contributed by atoms with van der Waals surface area (Å²) in [7, 11) is 1.62. The molecular formula is C17H20O5. The fourth-order valence-electron chi connectivity index (χ4n) is 2.07. The number of methoxy groups -OCH3 is 1. The van der Waals surface area contributed by atoms with E-state index in [1.54, 1.807) is 13.2 Å². The van der Waals surface area contributed by atoms with Crippen molar-refractivity contribution < 1.29 is 23.8 Å². The number of furan rings is 1. The van der Waals surface area contributed by atoms with Crippen molar-refractivity contribution in [3.05, 3.63) is 47.4 Å². The van der Waals surface area contributed by atoms with Gasteiger partial charge in [-0.1, -0.05) is 20.8 Å². The number of carboxylic acids is 1. The molecule has 0 aliphatic carbocycles. The van der Waals surface area contributed by atoms with Crippen LogP contribution in [0.25, 0.3) is 0 Å². The molecule has 5 heteroatoms. The van der Waals surface area contributed by atoms with E-state index in [0.717, 1.165) is 17.1 Å². The Hall–Kier alpha value is -2.43. The summed E-state index contributed by atoms with van der Waals surface area (Å²) in [6.07, 6.45) is 0. The summed E-state index contributed by atoms with van der Waals surface area (Å²) >= 11 is 0. The standard InChI is InChI=1S/C17H20O5/c1-17(2,3)13-9-11(20-4)5-7-14(13)21-10-12-6-8-15(22-12)16(18)19/h5-9H,10H2,1-4H3,(H,18,19). The van der Waals surface area contributed by atoms with Crippen LogP contribution in [-0.4, -0.2) is 18.2 Å². The number of hydrogen-bond acceptors (Lipinski definition) is 4. The van der Waals surface area contributed by atoms with Crippen LogP contribution in [0.2, 0.25) is 0 Å². The average molecular weight is 304 g/mol. The van der Waals surface area contributed by atoms with Crippen molar-refractivity contribution in [2.75, 3.05) is 7.11 Å². The molecule has 0 aliphatic heterocycles. The number of rotatable bonds is 5. The summed E-state index contributed by atoms with van der Waals surface area (Å²) in [6, 6.07) is 8.64. The summed E-state index contributed by atoms with van der Waals surface area (Å²) in [5, 5.41) is 8.84. The summed E-state index contributed by atoms with van der Waals surface area (Å²) in [4.78, 5) is 10.8. The first kappa shape index (κ1) is 15.9. The van der Waals surface area contributed by atoms with E-state index in [-0.39, 0.29) is 17.8 Å². The predicted octanol–water partition coefficient (Wildman–Crippen LogP) is 3.86. The number of ether oxygens (including phenoxy) is 2. The van der Waals surface area contributed by atoms with Crippen molar-refractivity contribution in [2.24, 2.45) is 0 Å². The first-order valence-corrected chi connectivity index (χ1v) is 6.94. The first-order chi connectivity index (χ1) is 10.3. The molecule has 0 bridgehead atoms. The number of hydrogen-bond donors (Lipinski definition) is 1. The molecule has 0 aliphatic rings. The van der Waals surface area contributed by atoms with Crippen molar-refractivity contribution in [1.82, 2.24) is 0 Å². The van der Waals surface area contributed by atoms with Crippen LogP contribution in [0, 0.1) is 0 Å². The van der Waals surface area contributed by atoms with Gasteiger partial charge < -0.3 is 19.0 Å². The fraction of sp³-hybridized carbons (Fsp3) is 0.353. The Balaban J connectivity index is 2.19. The molecule has 1 N–H and O–H groups in total. The Labute approximate surface area is 129 Å². The largest absolute Gasteiger partial charge is 0.497 e. The maximum Gasteiger partial charge on any atom is 0.371 e. The van der Waals surface area contributed by atoms with Crippen molar-refractivity contribution in [2.45, 2.75) is 32.8 Å². The summed E-state index contributed by atoms with van der Waals surface area (Å²) < 4.78 is 16.2. The van der Waals surface area contributed by atoms with Crippen LogP contribution in [0.5, 0.6) is 11.5 Å². The second kappa shape index (κ2) is 6.13. The van der Waals surface area contributed by atoms with Gasteiger partial charge in [-0.15, -0.1) is 0 Å². The molecule has 2 aromatic rings. The number of carboxylic acid groups (broad SMARTS) is 1. The maximum absolute atomic E-state index is 10.8. The van der Waals surface area contributed by atoms with Gasteiger partial charge in [0.05, 0.1) is 7.11 Å². The Bertz CT molecular complexity index is 664. The minimum absolute atomic E-state index is 0.0932. The Morgan fingerprint density at radius 1 is 1.23 bits per heavy atom. The molecule has 0 saturated carbocycles. The van der Waals surface area contributed by atoms with Crippen LogP contribution in [0.1, 0.15) is 42.6 Å². The molecule has 0 atom stereocenters. The van der Waals surface area contributed by atoms with Gasteiger partial charge in [0.15, 0.2) is 0 Å². The lowest BCUT2D eigenvalue weighted by atomic mass is 9.86. The van der Waals surface area contributed by atoms with Crippen LogP contribution >= 0.6 is 0 Å². The van der Waals surface area contributed by atoms with Gasteiger partial charge in [-0.2, -0.15) is 0 Å². The van der Waals surface area contributed by atoms with Crippen LogP contribution in [-0.2, 0) is 12.0 Å². The smallest absolute Gasteiger partial charge is 0.371 e. The average Bonchev–Trinajstić information content (AvgIpc) is 2.93. The normalized spacial score (nSPS) is 11.3. The van der Waals surface area contributed by atoms with Crippen molar-refractivity contribution in [1.29, 1.82) is 0 Å². The highest BCUT2D eigenvalue weighted by Gasteiger charge is 2.20. The maximum atomic E-state index is 10.8. The van der Waals surface area contributed by atoms with Gasteiger partial charge in [0.2, 0.25) is 5.76 Å². The molecule has 0 unspecified atom stereocenters. The third-order valence-electron chi connectivity index (χ3n) is 3.24. The molecule has 5 nitrogen and oxygen atoms in total. The van der Waals surface area contributed by atoms with Gasteiger partial charge in [-0.05, 0) is 35.7 Å². The van der Waals surface area contributed by atoms with E-state index in [1.807, 2.05) is 18.2 Å². The predicted molar refractivity (Wildman–Crippen MR) is 81.7 cm³/mol. The molecule has 0 saturated heterocycles. The van der Waals surface area contributed by atoms with E-state index in [4.69, 9.17) is 19.0 Å². The lowest BCUT2D eigenvalue weighted by molar-refractivity contribution is 0.0658. The molecule has 1 aromatic carbocycles. The molecule has 0 spiro atoms. The SMILES string of the molecule is COc1ccc(OCc2ccc(C(=O)O)o2)c(C(C)(C)C)c1. The Kier molecular flexibility index (Phi) is 4.45. The lowest BCUT2D eigenvalue weighted by Crippen LogP contribution is -2.13. The fourth-order valence-corrected chi connectivity index (χ4v) is 2.07. The highest BCUT2D eigenvalue weighted by molar-refractivity contribution is 5.84. The number of carbonyl (C=O) groups is 1. The molecule has 0 radical (unpaired) electrons. The summed E-state index contributed by atoms with van der Waals surface area (Å²) in [6.45, 7) is 6.43. The van der Waals surface area contributed by atoms with E-state index in [2.05, 4.69) is 20.8 Å². The van der Waals surface area contributed by atoms with Gasteiger partial charge in [0.1, 0.15) is 23.9 Å². The molecule has 0 fully saturated rings. The second-order valence-electron chi connectivity index (χ2n) is 5.97. The van der Waals surface area contributed by atoms with Gasteiger partial charge in [0, 0.05) is 5.56 Å². The minimum Gasteiger partial charge on any atom is -0.497 e.